The third kappa shape index (κ3) is 6.47. The Morgan fingerprint density at radius 1 is 1.39 bits per heavy atom. The van der Waals surface area contributed by atoms with Crippen LogP contribution in [0, 0.1) is 18.4 Å². The number of amides is 1. The third-order valence-electron chi connectivity index (χ3n) is 5.41. The Labute approximate surface area is 213 Å². The van der Waals surface area contributed by atoms with Gasteiger partial charge in [-0.1, -0.05) is 29.8 Å². The van der Waals surface area contributed by atoms with Gasteiger partial charge in [-0.3, -0.25) is 10.1 Å². The van der Waals surface area contributed by atoms with Gasteiger partial charge in [-0.15, -0.1) is 0 Å². The maximum absolute atomic E-state index is 12.9. The number of carbonyl (C=O) groups excluding carboxylic acids is 1. The van der Waals surface area contributed by atoms with Crippen molar-refractivity contribution in [2.24, 2.45) is 10.1 Å². The van der Waals surface area contributed by atoms with E-state index in [4.69, 9.17) is 11.6 Å². The van der Waals surface area contributed by atoms with E-state index in [2.05, 4.69) is 25.5 Å². The van der Waals surface area contributed by atoms with E-state index in [9.17, 15) is 18.8 Å². The van der Waals surface area contributed by atoms with Crippen molar-refractivity contribution in [3.05, 3.63) is 58.6 Å². The molecule has 190 valence electrons. The molecule has 1 heterocycles. The first-order valence-corrected chi connectivity index (χ1v) is 11.5. The Kier molecular flexibility index (Phi) is 9.16. The Bertz CT molecular complexity index is 1200. The van der Waals surface area contributed by atoms with Crippen molar-refractivity contribution >= 4 is 34.9 Å². The zero-order valence-electron chi connectivity index (χ0n) is 20.0. The number of hydrazone groups is 1. The van der Waals surface area contributed by atoms with Gasteiger partial charge in [-0.25, -0.2) is 10.0 Å². The number of aryl methyl sites for hydroxylation is 1. The van der Waals surface area contributed by atoms with Crippen LogP contribution in [0.1, 0.15) is 18.1 Å². The molecule has 0 radical (unpaired) electrons. The van der Waals surface area contributed by atoms with Crippen molar-refractivity contribution in [2.75, 3.05) is 26.7 Å². The molecule has 36 heavy (non-hydrogen) atoms. The molecule has 12 heteroatoms. The summed E-state index contributed by atoms with van der Waals surface area (Å²) >= 11 is 6.37. The Hall–Kier alpha value is -3.75. The molecule has 1 atom stereocenters. The Morgan fingerprint density at radius 3 is 2.81 bits per heavy atom. The van der Waals surface area contributed by atoms with Crippen LogP contribution in [0.4, 0.5) is 14.5 Å². The Morgan fingerprint density at radius 2 is 2.17 bits per heavy atom. The van der Waals surface area contributed by atoms with Gasteiger partial charge in [0.05, 0.1) is 30.5 Å². The summed E-state index contributed by atoms with van der Waals surface area (Å²) in [5.41, 5.74) is 2.45. The van der Waals surface area contributed by atoms with E-state index in [1.165, 1.54) is 23.2 Å². The monoisotopic (exact) mass is 517 g/mol. The van der Waals surface area contributed by atoms with Gasteiger partial charge < -0.3 is 15.0 Å². The van der Waals surface area contributed by atoms with Gasteiger partial charge in [0.15, 0.2) is 6.19 Å². The third-order valence-corrected chi connectivity index (χ3v) is 5.82. The normalized spacial score (nSPS) is 15.5. The fourth-order valence-corrected chi connectivity index (χ4v) is 3.93. The van der Waals surface area contributed by atoms with Gasteiger partial charge in [0.25, 0.3) is 0 Å². The van der Waals surface area contributed by atoms with Crippen LogP contribution in [0.15, 0.2) is 52.6 Å². The first-order chi connectivity index (χ1) is 17.3. The Balaban J connectivity index is 2.04. The molecule has 0 saturated heterocycles. The lowest BCUT2D eigenvalue weighted by molar-refractivity contribution is -0.130. The van der Waals surface area contributed by atoms with Crippen LogP contribution in [-0.2, 0) is 4.79 Å². The lowest BCUT2D eigenvalue weighted by Crippen LogP contribution is -2.50. The molecule has 0 saturated carbocycles. The lowest BCUT2D eigenvalue weighted by atomic mass is 10.0. The topological polar surface area (TPSA) is 105 Å². The second-order valence-electron chi connectivity index (χ2n) is 7.81. The number of ether oxygens (including phenoxy) is 1. The predicted molar refractivity (Wildman–Crippen MR) is 133 cm³/mol. The molecule has 9 nitrogen and oxygen atoms in total. The van der Waals surface area contributed by atoms with Crippen LogP contribution in [-0.4, -0.2) is 66.8 Å². The number of halogens is 3. The summed E-state index contributed by atoms with van der Waals surface area (Å²) < 4.78 is 29.7. The second kappa shape index (κ2) is 12.3. The number of benzene rings is 2. The number of likely N-dealkylation sites (N-methyl/N-ethyl adjacent to an activating group) is 2. The maximum Gasteiger partial charge on any atom is 0.387 e. The van der Waals surface area contributed by atoms with Crippen molar-refractivity contribution in [3.8, 4) is 11.9 Å². The molecule has 0 spiro atoms. The molecular formula is C24H26ClF2N7O2. The molecule has 1 amide bonds. The minimum Gasteiger partial charge on any atom is -0.435 e. The molecule has 0 fully saturated rings. The second-order valence-corrected chi connectivity index (χ2v) is 8.21. The van der Waals surface area contributed by atoms with E-state index in [-0.39, 0.29) is 36.4 Å². The number of carbonyl (C=O) groups is 1. The summed E-state index contributed by atoms with van der Waals surface area (Å²) in [6.07, 6.45) is 1.83. The number of nitriles is 1. The number of rotatable bonds is 8. The highest BCUT2D eigenvalue weighted by molar-refractivity contribution is 6.31. The lowest BCUT2D eigenvalue weighted by Gasteiger charge is -2.29. The van der Waals surface area contributed by atoms with Gasteiger partial charge in [0.1, 0.15) is 5.75 Å². The minimum absolute atomic E-state index is 0.0574. The first kappa shape index (κ1) is 26.8. The van der Waals surface area contributed by atoms with Crippen LogP contribution < -0.4 is 15.4 Å². The van der Waals surface area contributed by atoms with Gasteiger partial charge in [0.2, 0.25) is 11.9 Å². The summed E-state index contributed by atoms with van der Waals surface area (Å²) in [5, 5.41) is 21.4. The molecule has 1 unspecified atom stereocenters. The highest BCUT2D eigenvalue weighted by Crippen LogP contribution is 2.26. The molecule has 0 aliphatic carbocycles. The van der Waals surface area contributed by atoms with E-state index in [0.717, 1.165) is 11.1 Å². The van der Waals surface area contributed by atoms with E-state index in [1.54, 1.807) is 24.1 Å². The SMILES string of the molecule is CCN(C(=O)CNC)C1CN(C(=Nc2cccc(OC(F)F)c2)NC#N)N=C1c1ccc(C)c(Cl)c1. The molecule has 3 rings (SSSR count). The van der Waals surface area contributed by atoms with E-state index >= 15 is 0 Å². The number of guanidine groups is 1. The predicted octanol–water partition coefficient (Wildman–Crippen LogP) is 3.46. The number of alkyl halides is 2. The number of hydrogen-bond donors (Lipinski definition) is 2. The molecule has 2 aromatic carbocycles. The fourth-order valence-electron chi connectivity index (χ4n) is 3.75. The standard InChI is InChI=1S/C24H26ClF2N7O2/c1-4-33(21(35)12-29-3)20-13-34(32-22(20)16-9-8-15(2)19(25)10-16)24(30-14-28)31-17-6-5-7-18(11-17)36-23(26)27/h5-11,20,23,29H,4,12-13H2,1-3H3,(H,30,31). The zero-order chi connectivity index (χ0) is 26.2. The van der Waals surface area contributed by atoms with E-state index < -0.39 is 12.7 Å². The summed E-state index contributed by atoms with van der Waals surface area (Å²) in [7, 11) is 1.69. The van der Waals surface area contributed by atoms with Crippen LogP contribution in [0.2, 0.25) is 5.02 Å². The van der Waals surface area contributed by atoms with Crippen LogP contribution >= 0.6 is 11.6 Å². The van der Waals surface area contributed by atoms with Crippen LogP contribution in [0.25, 0.3) is 0 Å². The molecule has 1 aliphatic rings. The van der Waals surface area contributed by atoms with Crippen LogP contribution in [0.5, 0.6) is 5.75 Å². The number of nitrogens with one attached hydrogen (secondary N) is 2. The fraction of sp³-hybridized carbons (Fsp3) is 0.333. The molecule has 2 N–H and O–H groups in total. The molecule has 0 aromatic heterocycles. The van der Waals surface area contributed by atoms with E-state index in [1.807, 2.05) is 32.2 Å². The number of hydrogen-bond acceptors (Lipinski definition) is 6. The highest BCUT2D eigenvalue weighted by Gasteiger charge is 2.36. The summed E-state index contributed by atoms with van der Waals surface area (Å²) in [5.74, 6) is -0.140. The van der Waals surface area contributed by atoms with Crippen LogP contribution in [0.3, 0.4) is 0 Å². The molecular weight excluding hydrogens is 492 g/mol. The highest BCUT2D eigenvalue weighted by atomic mass is 35.5. The van der Waals surface area contributed by atoms with Gasteiger partial charge >= 0.3 is 6.61 Å². The van der Waals surface area contributed by atoms with E-state index in [0.29, 0.717) is 17.3 Å². The quantitative estimate of drug-likeness (QED) is 0.240. The minimum atomic E-state index is -2.98. The van der Waals surface area contributed by atoms with Crippen molar-refractivity contribution in [1.29, 1.82) is 5.26 Å². The van der Waals surface area contributed by atoms with Crippen molar-refractivity contribution in [2.45, 2.75) is 26.5 Å². The number of nitrogens with zero attached hydrogens (tertiary/aromatic N) is 5. The summed E-state index contributed by atoms with van der Waals surface area (Å²) in [6.45, 7) is 1.53. The number of aliphatic imine (C=N–C) groups is 1. The molecule has 2 aromatic rings. The van der Waals surface area contributed by atoms with Gasteiger partial charge in [-0.05, 0) is 44.7 Å². The average Bonchev–Trinajstić information content (AvgIpc) is 3.26. The molecule has 1 aliphatic heterocycles. The van der Waals surface area contributed by atoms with Crippen molar-refractivity contribution < 1.29 is 18.3 Å². The summed E-state index contributed by atoms with van der Waals surface area (Å²) in [4.78, 5) is 18.9. The largest absolute Gasteiger partial charge is 0.435 e. The summed E-state index contributed by atoms with van der Waals surface area (Å²) in [6, 6.07) is 10.8. The van der Waals surface area contributed by atoms with Gasteiger partial charge in [-0.2, -0.15) is 19.1 Å². The van der Waals surface area contributed by atoms with Crippen molar-refractivity contribution in [1.82, 2.24) is 20.5 Å². The van der Waals surface area contributed by atoms with Gasteiger partial charge in [0, 0.05) is 23.2 Å². The smallest absolute Gasteiger partial charge is 0.387 e. The van der Waals surface area contributed by atoms with Crippen molar-refractivity contribution in [3.63, 3.8) is 0 Å². The first-order valence-electron chi connectivity index (χ1n) is 11.1. The zero-order valence-corrected chi connectivity index (χ0v) is 20.8. The maximum atomic E-state index is 12.9. The molecule has 0 bridgehead atoms. The average molecular weight is 518 g/mol.